The van der Waals surface area contributed by atoms with Gasteiger partial charge in [-0.3, -0.25) is 9.59 Å². The highest BCUT2D eigenvalue weighted by molar-refractivity contribution is 5.95. The highest BCUT2D eigenvalue weighted by Crippen LogP contribution is 2.32. The van der Waals surface area contributed by atoms with Crippen LogP contribution in [0.15, 0.2) is 60.7 Å². The molecule has 3 aromatic rings. The first-order valence-electron chi connectivity index (χ1n) is 16.0. The van der Waals surface area contributed by atoms with Gasteiger partial charge in [0, 0.05) is 64.0 Å². The molecule has 0 spiro atoms. The molecule has 8 nitrogen and oxygen atoms in total. The number of hydrogen-bond donors (Lipinski definition) is 1. The van der Waals surface area contributed by atoms with Crippen LogP contribution in [0.25, 0.3) is 10.8 Å². The van der Waals surface area contributed by atoms with Crippen LogP contribution in [0.1, 0.15) is 49.0 Å². The molecule has 1 aliphatic carbocycles. The third kappa shape index (κ3) is 7.90. The van der Waals surface area contributed by atoms with Crippen LogP contribution in [0, 0.1) is 11.8 Å². The van der Waals surface area contributed by atoms with E-state index in [0.29, 0.717) is 49.3 Å². The van der Waals surface area contributed by atoms with Crippen molar-refractivity contribution >= 4 is 22.6 Å². The highest BCUT2D eigenvalue weighted by Gasteiger charge is 2.38. The van der Waals surface area contributed by atoms with Gasteiger partial charge in [-0.05, 0) is 73.1 Å². The number of nitrogens with zero attached hydrogens (tertiary/aromatic N) is 2. The molecule has 0 bridgehead atoms. The molecular formula is C36H47N3O5. The van der Waals surface area contributed by atoms with Gasteiger partial charge in [0.1, 0.15) is 0 Å². The number of hydrogen-bond acceptors (Lipinski definition) is 6. The Morgan fingerprint density at radius 1 is 0.886 bits per heavy atom. The van der Waals surface area contributed by atoms with E-state index < -0.39 is 0 Å². The van der Waals surface area contributed by atoms with Gasteiger partial charge in [-0.25, -0.2) is 0 Å². The third-order valence-electron chi connectivity index (χ3n) is 8.86. The van der Waals surface area contributed by atoms with Crippen molar-refractivity contribution < 1.29 is 23.8 Å². The Kier molecular flexibility index (Phi) is 10.8. The van der Waals surface area contributed by atoms with Crippen molar-refractivity contribution in [3.05, 3.63) is 71.8 Å². The molecule has 2 fully saturated rings. The van der Waals surface area contributed by atoms with Crippen molar-refractivity contribution in [1.29, 1.82) is 0 Å². The number of benzene rings is 3. The van der Waals surface area contributed by atoms with Gasteiger partial charge in [-0.1, -0.05) is 42.5 Å². The lowest BCUT2D eigenvalue weighted by atomic mass is 9.93. The summed E-state index contributed by atoms with van der Waals surface area (Å²) in [5.74, 6) is 1.86. The predicted octanol–water partition coefficient (Wildman–Crippen LogP) is 5.18. The third-order valence-corrected chi connectivity index (χ3v) is 8.86. The standard InChI is InChI=1S/C36H47N3O5/c1-25(2)38(36(41)29-12-15-33(43-4)34(20-29)44-17-7-16-42-3)23-30-21-37-22-31(30)24-39(32-13-14-32)35(40)19-26-10-11-27-8-5-6-9-28(27)18-26/h5-6,8-12,15,18,20,25,30-32,37H,7,13-14,16-17,19,21-24H2,1-4H3/t30-,31-/m0/s1. The van der Waals surface area contributed by atoms with Crippen LogP contribution in [0.2, 0.25) is 0 Å². The maximum absolute atomic E-state index is 13.9. The fourth-order valence-electron chi connectivity index (χ4n) is 6.19. The Bertz CT molecular complexity index is 1420. The average Bonchev–Trinajstić information content (AvgIpc) is 3.78. The minimum Gasteiger partial charge on any atom is -0.493 e. The van der Waals surface area contributed by atoms with Crippen molar-refractivity contribution in [3.63, 3.8) is 0 Å². The summed E-state index contributed by atoms with van der Waals surface area (Å²) in [6, 6.07) is 20.3. The monoisotopic (exact) mass is 601 g/mol. The molecule has 1 aliphatic heterocycles. The van der Waals surface area contributed by atoms with E-state index in [-0.39, 0.29) is 29.7 Å². The number of fused-ring (bicyclic) bond motifs is 1. The van der Waals surface area contributed by atoms with Gasteiger partial charge in [0.15, 0.2) is 11.5 Å². The summed E-state index contributed by atoms with van der Waals surface area (Å²) in [6.45, 7) is 8.22. The van der Waals surface area contributed by atoms with Crippen molar-refractivity contribution in [2.24, 2.45) is 11.8 Å². The van der Waals surface area contributed by atoms with Gasteiger partial charge in [0.05, 0.1) is 20.1 Å². The SMILES string of the molecule is COCCCOc1cc(C(=O)N(C[C@@H]2CNC[C@H]2CN(C(=O)Cc2ccc3ccccc3c2)C2CC2)C(C)C)ccc1OC. The highest BCUT2D eigenvalue weighted by atomic mass is 16.5. The van der Waals surface area contributed by atoms with Crippen molar-refractivity contribution in [3.8, 4) is 11.5 Å². The molecule has 0 aromatic heterocycles. The predicted molar refractivity (Wildman–Crippen MR) is 173 cm³/mol. The smallest absolute Gasteiger partial charge is 0.254 e. The fraction of sp³-hybridized carbons (Fsp3) is 0.500. The Balaban J connectivity index is 1.25. The summed E-state index contributed by atoms with van der Waals surface area (Å²) in [5, 5.41) is 5.90. The molecule has 2 aliphatic rings. The van der Waals surface area contributed by atoms with Crippen LogP contribution in [-0.4, -0.2) is 87.3 Å². The van der Waals surface area contributed by atoms with Crippen LogP contribution in [0.4, 0.5) is 0 Å². The molecule has 5 rings (SSSR count). The fourth-order valence-corrected chi connectivity index (χ4v) is 6.19. The zero-order valence-electron chi connectivity index (χ0n) is 26.6. The summed E-state index contributed by atoms with van der Waals surface area (Å²) >= 11 is 0. The second-order valence-corrected chi connectivity index (χ2v) is 12.4. The maximum atomic E-state index is 13.9. The van der Waals surface area contributed by atoms with E-state index in [2.05, 4.69) is 54.4 Å². The van der Waals surface area contributed by atoms with Gasteiger partial charge in [-0.15, -0.1) is 0 Å². The summed E-state index contributed by atoms with van der Waals surface area (Å²) in [7, 11) is 3.27. The summed E-state index contributed by atoms with van der Waals surface area (Å²) < 4.78 is 16.6. The number of nitrogens with one attached hydrogen (secondary N) is 1. The Morgan fingerprint density at radius 2 is 1.64 bits per heavy atom. The van der Waals surface area contributed by atoms with Gasteiger partial charge in [0.25, 0.3) is 5.91 Å². The van der Waals surface area contributed by atoms with Gasteiger partial charge >= 0.3 is 0 Å². The summed E-state index contributed by atoms with van der Waals surface area (Å²) in [5.41, 5.74) is 1.63. The first-order chi connectivity index (χ1) is 21.4. The Hall–Kier alpha value is -3.62. The number of carbonyl (C=O) groups is 2. The molecule has 1 saturated carbocycles. The van der Waals surface area contributed by atoms with Crippen LogP contribution in [0.5, 0.6) is 11.5 Å². The summed E-state index contributed by atoms with van der Waals surface area (Å²) in [6.07, 6.45) is 3.29. The van der Waals surface area contributed by atoms with Crippen LogP contribution >= 0.6 is 0 Å². The summed E-state index contributed by atoms with van der Waals surface area (Å²) in [4.78, 5) is 31.6. The lowest BCUT2D eigenvalue weighted by molar-refractivity contribution is -0.131. The number of methoxy groups -OCH3 is 2. The first-order valence-corrected chi connectivity index (χ1v) is 16.0. The van der Waals surface area contributed by atoms with Crippen molar-refractivity contribution in [2.45, 2.75) is 51.6 Å². The van der Waals surface area contributed by atoms with E-state index in [1.54, 1.807) is 26.4 Å². The lowest BCUT2D eigenvalue weighted by Crippen LogP contribution is -2.45. The number of carbonyl (C=O) groups excluding carboxylic acids is 2. The topological polar surface area (TPSA) is 80.3 Å². The Morgan fingerprint density at radius 3 is 2.34 bits per heavy atom. The van der Waals surface area contributed by atoms with Gasteiger partial charge in [0.2, 0.25) is 5.91 Å². The number of rotatable bonds is 15. The minimum atomic E-state index is -0.0264. The lowest BCUT2D eigenvalue weighted by Gasteiger charge is -2.34. The molecule has 1 N–H and O–H groups in total. The van der Waals surface area contributed by atoms with Crippen LogP contribution in [0.3, 0.4) is 0 Å². The normalized spacial score (nSPS) is 18.0. The van der Waals surface area contributed by atoms with E-state index in [9.17, 15) is 9.59 Å². The van der Waals surface area contributed by atoms with Crippen molar-refractivity contribution in [2.75, 3.05) is 53.6 Å². The molecule has 2 amide bonds. The van der Waals surface area contributed by atoms with E-state index >= 15 is 0 Å². The molecule has 3 aromatic carbocycles. The molecule has 0 unspecified atom stereocenters. The quantitative estimate of drug-likeness (QED) is 0.242. The van der Waals surface area contributed by atoms with E-state index in [1.165, 1.54) is 5.39 Å². The van der Waals surface area contributed by atoms with Gasteiger partial charge in [-0.2, -0.15) is 0 Å². The molecule has 0 radical (unpaired) electrons. The molecule has 2 atom stereocenters. The zero-order chi connectivity index (χ0) is 31.1. The Labute approximate surface area is 261 Å². The molecular weight excluding hydrogens is 554 g/mol. The van der Waals surface area contributed by atoms with E-state index in [0.717, 1.165) is 49.8 Å². The second kappa shape index (κ2) is 14.9. The molecule has 236 valence electrons. The molecule has 8 heteroatoms. The first kappa shape index (κ1) is 31.8. The minimum absolute atomic E-state index is 0.0194. The van der Waals surface area contributed by atoms with Crippen molar-refractivity contribution in [1.82, 2.24) is 15.1 Å². The number of amides is 2. The van der Waals surface area contributed by atoms with E-state index in [4.69, 9.17) is 14.2 Å². The second-order valence-electron chi connectivity index (χ2n) is 12.4. The van der Waals surface area contributed by atoms with E-state index in [1.807, 2.05) is 23.1 Å². The molecule has 1 saturated heterocycles. The molecule has 44 heavy (non-hydrogen) atoms. The van der Waals surface area contributed by atoms with Crippen LogP contribution in [-0.2, 0) is 16.0 Å². The zero-order valence-corrected chi connectivity index (χ0v) is 26.6. The van der Waals surface area contributed by atoms with Gasteiger partial charge < -0.3 is 29.3 Å². The number of ether oxygens (including phenoxy) is 3. The molecule has 1 heterocycles. The maximum Gasteiger partial charge on any atom is 0.254 e. The average molecular weight is 602 g/mol. The van der Waals surface area contributed by atoms with Crippen LogP contribution < -0.4 is 14.8 Å². The largest absolute Gasteiger partial charge is 0.493 e.